The van der Waals surface area contributed by atoms with Crippen LogP contribution in [-0.2, 0) is 0 Å². The first-order chi connectivity index (χ1) is 31.1. The maximum absolute atomic E-state index is 15.2. The lowest BCUT2D eigenvalue weighted by Crippen LogP contribution is -2.52. The van der Waals surface area contributed by atoms with Crippen molar-refractivity contribution < 1.29 is 51.6 Å². The number of urea groups is 1. The van der Waals surface area contributed by atoms with E-state index in [2.05, 4.69) is 19.9 Å². The van der Waals surface area contributed by atoms with Crippen LogP contribution in [0.2, 0.25) is 0 Å². The van der Waals surface area contributed by atoms with Crippen LogP contribution in [0.4, 0.5) is 37.4 Å². The van der Waals surface area contributed by atoms with E-state index < -0.39 is 18.2 Å². The van der Waals surface area contributed by atoms with Crippen molar-refractivity contribution in [2.24, 2.45) is 0 Å². The molecule has 1 aliphatic heterocycles. The normalized spacial score (nSPS) is 12.5. The zero-order valence-electron chi connectivity index (χ0n) is 35.9. The Morgan fingerprint density at radius 2 is 1.19 bits per heavy atom. The van der Waals surface area contributed by atoms with Gasteiger partial charge in [0.05, 0.1) is 33.1 Å². The molecule has 3 aromatic carbocycles. The number of hydrogen-bond acceptors (Lipinski definition) is 16. The van der Waals surface area contributed by atoms with Crippen molar-refractivity contribution >= 4 is 63.7 Å². The number of hydrogen-bond donors (Lipinski definition) is 0. The fourth-order valence-electron chi connectivity index (χ4n) is 6.99. The highest BCUT2D eigenvalue weighted by molar-refractivity contribution is 6.11. The third kappa shape index (κ3) is 8.81. The molecule has 0 aliphatic carbocycles. The average molecular weight is 873 g/mol. The molecule has 1 saturated heterocycles. The summed E-state index contributed by atoms with van der Waals surface area (Å²) in [5, 5.41) is 0. The zero-order chi connectivity index (χ0) is 44.9. The van der Waals surface area contributed by atoms with E-state index in [0.29, 0.717) is 46.5 Å². The van der Waals surface area contributed by atoms with E-state index in [4.69, 9.17) is 42.2 Å². The molecule has 4 aromatic heterocycles. The molecule has 19 heteroatoms. The molecular formula is C45H44N8O11. The molecule has 0 radical (unpaired) electrons. The van der Waals surface area contributed by atoms with E-state index in [-0.39, 0.29) is 83.8 Å². The van der Waals surface area contributed by atoms with Gasteiger partial charge in [-0.2, -0.15) is 14.9 Å². The van der Waals surface area contributed by atoms with Crippen LogP contribution in [0.5, 0.6) is 34.8 Å². The number of amides is 4. The van der Waals surface area contributed by atoms with Gasteiger partial charge in [0.25, 0.3) is 11.8 Å². The monoisotopic (exact) mass is 872 g/mol. The van der Waals surface area contributed by atoms with Crippen LogP contribution >= 0.6 is 0 Å². The van der Waals surface area contributed by atoms with E-state index in [1.807, 2.05) is 12.1 Å². The molecular weight excluding hydrogens is 829 g/mol. The Hall–Kier alpha value is -8.09. The molecule has 0 unspecified atom stereocenters. The van der Waals surface area contributed by atoms with Crippen molar-refractivity contribution in [1.29, 1.82) is 0 Å². The van der Waals surface area contributed by atoms with Crippen LogP contribution < -0.4 is 43.1 Å². The van der Waals surface area contributed by atoms with Gasteiger partial charge in [-0.3, -0.25) is 0 Å². The van der Waals surface area contributed by atoms with Gasteiger partial charge in [-0.15, -0.1) is 0 Å². The van der Waals surface area contributed by atoms with Gasteiger partial charge in [0, 0.05) is 62.2 Å². The van der Waals surface area contributed by atoms with Gasteiger partial charge in [0.2, 0.25) is 23.1 Å². The Bertz CT molecular complexity index is 2800. The van der Waals surface area contributed by atoms with E-state index in [1.165, 1.54) is 11.0 Å². The highest BCUT2D eigenvalue weighted by Gasteiger charge is 2.37. The number of aryl methyl sites for hydroxylation is 2. The number of furan rings is 2. The quantitative estimate of drug-likeness (QED) is 0.113. The number of piperazine rings is 1. The summed E-state index contributed by atoms with van der Waals surface area (Å²) in [7, 11) is 3.17. The molecule has 5 heterocycles. The summed E-state index contributed by atoms with van der Waals surface area (Å²) in [6, 6.07) is 22.8. The Morgan fingerprint density at radius 3 is 1.78 bits per heavy atom. The number of aromatic nitrogens is 4. The van der Waals surface area contributed by atoms with Crippen molar-refractivity contribution in [2.75, 3.05) is 68.3 Å². The second kappa shape index (κ2) is 18.5. The summed E-state index contributed by atoms with van der Waals surface area (Å²) < 4.78 is 46.0. The summed E-state index contributed by atoms with van der Waals surface area (Å²) in [6.07, 6.45) is -2.46. The van der Waals surface area contributed by atoms with Gasteiger partial charge >= 0.3 is 18.2 Å². The number of carbonyl (C=O) groups excluding carboxylic acids is 3. The van der Waals surface area contributed by atoms with Crippen molar-refractivity contribution in [2.45, 2.75) is 27.7 Å². The first kappa shape index (κ1) is 42.6. The van der Waals surface area contributed by atoms with E-state index >= 15 is 4.79 Å². The van der Waals surface area contributed by atoms with Gasteiger partial charge in [0.1, 0.15) is 39.8 Å². The summed E-state index contributed by atoms with van der Waals surface area (Å²) in [5.41, 5.74) is 1.82. The van der Waals surface area contributed by atoms with Gasteiger partial charge in [-0.1, -0.05) is 30.3 Å². The highest BCUT2D eigenvalue weighted by Crippen LogP contribution is 2.40. The molecule has 0 saturated carbocycles. The average Bonchev–Trinajstić information content (AvgIpc) is 3.86. The van der Waals surface area contributed by atoms with Crippen LogP contribution in [0.15, 0.2) is 93.8 Å². The van der Waals surface area contributed by atoms with Crippen LogP contribution in [-0.4, -0.2) is 96.7 Å². The van der Waals surface area contributed by atoms with Gasteiger partial charge < -0.3 is 47.1 Å². The lowest BCUT2D eigenvalue weighted by atomic mass is 10.2. The molecule has 19 nitrogen and oxygen atoms in total. The molecule has 4 amide bonds. The van der Waals surface area contributed by atoms with Crippen LogP contribution in [0, 0.1) is 13.8 Å². The van der Waals surface area contributed by atoms with Crippen molar-refractivity contribution in [3.63, 3.8) is 0 Å². The van der Waals surface area contributed by atoms with Gasteiger partial charge in [-0.05, 0) is 52.0 Å². The molecule has 0 bridgehead atoms. The first-order valence-corrected chi connectivity index (χ1v) is 20.3. The third-order valence-electron chi connectivity index (χ3n) is 9.92. The Balaban J connectivity index is 1.20. The topological polar surface area (TPSA) is 197 Å². The summed E-state index contributed by atoms with van der Waals surface area (Å²) in [6.45, 7) is 8.61. The minimum Gasteiger partial charge on any atom is -0.497 e. The lowest BCUT2D eigenvalue weighted by Gasteiger charge is -2.38. The number of para-hydroxylation sites is 3. The Kier molecular flexibility index (Phi) is 12.3. The van der Waals surface area contributed by atoms with Crippen molar-refractivity contribution in [3.05, 3.63) is 96.4 Å². The fourth-order valence-corrected chi connectivity index (χ4v) is 6.99. The number of imide groups is 1. The number of fused-ring (bicyclic) bond motifs is 2. The number of benzene rings is 3. The summed E-state index contributed by atoms with van der Waals surface area (Å²) in [5.74, 6) is 1.69. The number of anilines is 4. The molecule has 8 rings (SSSR count). The first-order valence-electron chi connectivity index (χ1n) is 20.3. The lowest BCUT2D eigenvalue weighted by molar-refractivity contribution is 0.189. The largest absolute Gasteiger partial charge is 0.497 e. The van der Waals surface area contributed by atoms with Crippen molar-refractivity contribution in [1.82, 2.24) is 24.8 Å². The van der Waals surface area contributed by atoms with E-state index in [9.17, 15) is 9.59 Å². The highest BCUT2D eigenvalue weighted by atomic mass is 16.6. The fraction of sp³-hybridized carbons (Fsp3) is 0.267. The summed E-state index contributed by atoms with van der Waals surface area (Å²) in [4.78, 5) is 68.0. The minimum atomic E-state index is -1.27. The SMILES string of the molecule is CCOc1nc2oc(C)cc2nc1N(C(=O)Oc1ccccc1)C(=O)Oc1ccccc1N(C(=O)N1CCN(c2cc(OC)cc(OC)c2)CC1)c1nc2cc(C)oc2nc1OCC. The third-order valence-corrected chi connectivity index (χ3v) is 9.92. The van der Waals surface area contributed by atoms with Crippen LogP contribution in [0.25, 0.3) is 22.5 Å². The van der Waals surface area contributed by atoms with E-state index in [0.717, 1.165) is 5.69 Å². The van der Waals surface area contributed by atoms with Gasteiger partial charge in [-0.25, -0.2) is 29.3 Å². The smallest absolute Gasteiger partial charge is 0.431 e. The molecule has 1 fully saturated rings. The molecule has 0 atom stereocenters. The predicted molar refractivity (Wildman–Crippen MR) is 234 cm³/mol. The molecule has 0 N–H and O–H groups in total. The second-order valence-corrected chi connectivity index (χ2v) is 14.2. The molecule has 64 heavy (non-hydrogen) atoms. The Labute approximate surface area is 366 Å². The van der Waals surface area contributed by atoms with Crippen LogP contribution in [0.3, 0.4) is 0 Å². The van der Waals surface area contributed by atoms with Crippen molar-refractivity contribution in [3.8, 4) is 34.8 Å². The van der Waals surface area contributed by atoms with E-state index in [1.54, 1.807) is 114 Å². The number of nitrogens with zero attached hydrogens (tertiary/aromatic N) is 8. The molecule has 7 aromatic rings. The Morgan fingerprint density at radius 1 is 0.641 bits per heavy atom. The van der Waals surface area contributed by atoms with Gasteiger partial charge in [0.15, 0.2) is 5.75 Å². The number of rotatable bonds is 12. The molecule has 1 aliphatic rings. The second-order valence-electron chi connectivity index (χ2n) is 14.2. The number of carbonyl (C=O) groups is 3. The predicted octanol–water partition coefficient (Wildman–Crippen LogP) is 8.48. The maximum atomic E-state index is 15.2. The molecule has 0 spiro atoms. The summed E-state index contributed by atoms with van der Waals surface area (Å²) >= 11 is 0. The zero-order valence-corrected chi connectivity index (χ0v) is 35.9. The standard InChI is InChI=1S/C45H44N8O11/c1-7-59-41-37(46-33-22-27(3)61-39(33)48-41)52(43(54)51-20-18-50(19-21-51)29-24-31(57-5)26-32(25-29)58-6)35-16-12-13-17-36(35)64-45(56)53(44(55)63-30-14-10-9-11-15-30)38-42(60-8-2)49-40-34(47-38)23-28(4)62-40/h9-17,22-26H,7-8,18-21H2,1-6H3. The minimum absolute atomic E-state index is 0.00534. The van der Waals surface area contributed by atoms with Crippen LogP contribution in [0.1, 0.15) is 25.4 Å². The number of methoxy groups -OCH3 is 2. The number of ether oxygens (including phenoxy) is 6. The maximum Gasteiger partial charge on any atom is 0.431 e. The molecule has 330 valence electrons.